The standard InChI is InChI=1S/C18H14FN3O2S/c1-12(23-16-8-6-15(19)7-9-16)17-21-22-18(24-17)25-11-14-5-3-2-4-13(14)10-20/h2-9,12H,11H2,1H3/t12-/m0/s1. The number of thioether (sulfide) groups is 1. The van der Waals surface area contributed by atoms with Crippen molar-refractivity contribution in [3.63, 3.8) is 0 Å². The molecule has 0 saturated carbocycles. The molecule has 2 aromatic carbocycles. The Kier molecular flexibility index (Phi) is 5.31. The van der Waals surface area contributed by atoms with E-state index in [1.165, 1.54) is 36.0 Å². The predicted octanol–water partition coefficient (Wildman–Crippen LogP) is 4.51. The Labute approximate surface area is 148 Å². The first kappa shape index (κ1) is 17.0. The van der Waals surface area contributed by atoms with Gasteiger partial charge in [0.25, 0.3) is 11.1 Å². The maximum Gasteiger partial charge on any atom is 0.277 e. The van der Waals surface area contributed by atoms with E-state index in [2.05, 4.69) is 16.3 Å². The van der Waals surface area contributed by atoms with Crippen LogP contribution in [0.1, 0.15) is 30.0 Å². The van der Waals surface area contributed by atoms with Gasteiger partial charge in [0.15, 0.2) is 6.10 Å². The van der Waals surface area contributed by atoms with E-state index >= 15 is 0 Å². The summed E-state index contributed by atoms with van der Waals surface area (Å²) in [5.74, 6) is 1.08. The summed E-state index contributed by atoms with van der Waals surface area (Å²) in [5.41, 5.74) is 1.54. The van der Waals surface area contributed by atoms with E-state index in [1.54, 1.807) is 13.0 Å². The molecule has 7 heteroatoms. The maximum absolute atomic E-state index is 12.9. The first-order valence-corrected chi connectivity index (χ1v) is 8.50. The molecule has 3 rings (SSSR count). The first-order valence-electron chi connectivity index (χ1n) is 7.52. The normalized spacial score (nSPS) is 11.7. The van der Waals surface area contributed by atoms with E-state index in [4.69, 9.17) is 14.4 Å². The van der Waals surface area contributed by atoms with Gasteiger partial charge in [-0.05, 0) is 42.8 Å². The first-order chi connectivity index (χ1) is 12.2. The quantitative estimate of drug-likeness (QED) is 0.606. The van der Waals surface area contributed by atoms with Crippen LogP contribution in [0.2, 0.25) is 0 Å². The lowest BCUT2D eigenvalue weighted by atomic mass is 10.1. The third-order valence-electron chi connectivity index (χ3n) is 3.39. The summed E-state index contributed by atoms with van der Waals surface area (Å²) in [6.07, 6.45) is -0.460. The number of hydrogen-bond acceptors (Lipinski definition) is 6. The van der Waals surface area contributed by atoms with Gasteiger partial charge in [-0.2, -0.15) is 5.26 Å². The minimum atomic E-state index is -0.460. The lowest BCUT2D eigenvalue weighted by molar-refractivity contribution is 0.181. The molecule has 1 atom stereocenters. The van der Waals surface area contributed by atoms with E-state index < -0.39 is 6.10 Å². The van der Waals surface area contributed by atoms with Crippen LogP contribution in [0.3, 0.4) is 0 Å². The number of ether oxygens (including phenoxy) is 1. The van der Waals surface area contributed by atoms with Gasteiger partial charge in [0.2, 0.25) is 0 Å². The highest BCUT2D eigenvalue weighted by Gasteiger charge is 2.16. The number of nitriles is 1. The molecule has 5 nitrogen and oxygen atoms in total. The second-order valence-corrected chi connectivity index (χ2v) is 6.10. The van der Waals surface area contributed by atoms with Gasteiger partial charge in [-0.25, -0.2) is 4.39 Å². The summed E-state index contributed by atoms with van der Waals surface area (Å²) < 4.78 is 24.2. The average molecular weight is 355 g/mol. The van der Waals surface area contributed by atoms with Crippen molar-refractivity contribution in [1.82, 2.24) is 10.2 Å². The molecule has 25 heavy (non-hydrogen) atoms. The zero-order valence-corrected chi connectivity index (χ0v) is 14.2. The average Bonchev–Trinajstić information content (AvgIpc) is 3.11. The Hall–Kier alpha value is -2.85. The van der Waals surface area contributed by atoms with Crippen molar-refractivity contribution < 1.29 is 13.5 Å². The van der Waals surface area contributed by atoms with E-state index in [0.717, 1.165) is 5.56 Å². The van der Waals surface area contributed by atoms with Crippen molar-refractivity contribution in [3.8, 4) is 11.8 Å². The van der Waals surface area contributed by atoms with Crippen molar-refractivity contribution in [2.75, 3.05) is 0 Å². The van der Waals surface area contributed by atoms with Gasteiger partial charge in [0.05, 0.1) is 11.6 Å². The van der Waals surface area contributed by atoms with E-state index in [9.17, 15) is 4.39 Å². The van der Waals surface area contributed by atoms with Crippen LogP contribution in [0.15, 0.2) is 58.2 Å². The molecule has 0 unspecified atom stereocenters. The molecule has 0 bridgehead atoms. The fraction of sp³-hybridized carbons (Fsp3) is 0.167. The molecule has 0 radical (unpaired) electrons. The van der Waals surface area contributed by atoms with Gasteiger partial charge in [0.1, 0.15) is 11.6 Å². The molecule has 0 spiro atoms. The highest BCUT2D eigenvalue weighted by atomic mass is 32.2. The molecule has 0 amide bonds. The molecule has 0 aliphatic heterocycles. The molecule has 3 aromatic rings. The van der Waals surface area contributed by atoms with Gasteiger partial charge in [-0.3, -0.25) is 0 Å². The fourth-order valence-electron chi connectivity index (χ4n) is 2.11. The maximum atomic E-state index is 12.9. The van der Waals surface area contributed by atoms with Crippen molar-refractivity contribution in [2.45, 2.75) is 24.0 Å². The molecule has 0 aliphatic rings. The second kappa shape index (κ2) is 7.81. The molecular formula is C18H14FN3O2S. The third-order valence-corrected chi connectivity index (χ3v) is 4.25. The number of hydrogen-bond donors (Lipinski definition) is 0. The number of halogens is 1. The van der Waals surface area contributed by atoms with Gasteiger partial charge < -0.3 is 9.15 Å². The Bertz CT molecular complexity index is 890. The summed E-state index contributed by atoms with van der Waals surface area (Å²) in [4.78, 5) is 0. The van der Waals surface area contributed by atoms with Crippen LogP contribution in [0.4, 0.5) is 4.39 Å². The van der Waals surface area contributed by atoms with Gasteiger partial charge in [-0.15, -0.1) is 10.2 Å². The summed E-state index contributed by atoms with van der Waals surface area (Å²) >= 11 is 1.35. The van der Waals surface area contributed by atoms with Gasteiger partial charge in [0, 0.05) is 5.75 Å². The Morgan fingerprint density at radius 2 is 1.96 bits per heavy atom. The van der Waals surface area contributed by atoms with Crippen LogP contribution in [0, 0.1) is 17.1 Å². The monoisotopic (exact) mass is 355 g/mol. The minimum Gasteiger partial charge on any atom is -0.481 e. The zero-order chi connectivity index (χ0) is 17.6. The molecule has 1 aromatic heterocycles. The van der Waals surface area contributed by atoms with Crippen LogP contribution in [0.5, 0.6) is 5.75 Å². The van der Waals surface area contributed by atoms with Crippen LogP contribution >= 0.6 is 11.8 Å². The molecule has 0 fully saturated rings. The fourth-order valence-corrected chi connectivity index (χ4v) is 2.88. The molecule has 126 valence electrons. The van der Waals surface area contributed by atoms with Crippen LogP contribution in [-0.4, -0.2) is 10.2 Å². The van der Waals surface area contributed by atoms with Crippen molar-refractivity contribution in [1.29, 1.82) is 5.26 Å². The Balaban J connectivity index is 1.62. The highest BCUT2D eigenvalue weighted by Crippen LogP contribution is 2.26. The number of aromatic nitrogens is 2. The van der Waals surface area contributed by atoms with Gasteiger partial charge >= 0.3 is 0 Å². The van der Waals surface area contributed by atoms with Crippen LogP contribution in [-0.2, 0) is 5.75 Å². The second-order valence-electron chi connectivity index (χ2n) is 5.18. The molecule has 0 N–H and O–H groups in total. The lowest BCUT2D eigenvalue weighted by Crippen LogP contribution is -2.03. The number of rotatable bonds is 6. The largest absolute Gasteiger partial charge is 0.481 e. The molecule has 0 saturated heterocycles. The Morgan fingerprint density at radius 1 is 1.20 bits per heavy atom. The lowest BCUT2D eigenvalue weighted by Gasteiger charge is -2.10. The van der Waals surface area contributed by atoms with Crippen molar-refractivity contribution >= 4 is 11.8 Å². The summed E-state index contributed by atoms with van der Waals surface area (Å²) in [6.45, 7) is 1.77. The van der Waals surface area contributed by atoms with Crippen molar-refractivity contribution in [2.24, 2.45) is 0 Å². The molecule has 0 aliphatic carbocycles. The van der Waals surface area contributed by atoms with Gasteiger partial charge in [-0.1, -0.05) is 30.0 Å². The predicted molar refractivity (Wildman–Crippen MR) is 90.5 cm³/mol. The van der Waals surface area contributed by atoms with E-state index in [0.29, 0.717) is 28.2 Å². The zero-order valence-electron chi connectivity index (χ0n) is 13.3. The molecular weight excluding hydrogens is 341 g/mol. The molecule has 1 heterocycles. The SMILES string of the molecule is C[C@H](Oc1ccc(F)cc1)c1nnc(SCc2ccccc2C#N)o1. The van der Waals surface area contributed by atoms with Crippen molar-refractivity contribution in [3.05, 3.63) is 71.4 Å². The van der Waals surface area contributed by atoms with E-state index in [-0.39, 0.29) is 5.82 Å². The minimum absolute atomic E-state index is 0.325. The summed E-state index contributed by atoms with van der Waals surface area (Å²) in [5, 5.41) is 17.5. The Morgan fingerprint density at radius 3 is 2.72 bits per heavy atom. The smallest absolute Gasteiger partial charge is 0.277 e. The highest BCUT2D eigenvalue weighted by molar-refractivity contribution is 7.98. The van der Waals surface area contributed by atoms with E-state index in [1.807, 2.05) is 18.2 Å². The summed E-state index contributed by atoms with van der Waals surface area (Å²) in [7, 11) is 0. The third kappa shape index (κ3) is 4.37. The number of benzene rings is 2. The topological polar surface area (TPSA) is 71.9 Å². The van der Waals surface area contributed by atoms with Crippen LogP contribution in [0.25, 0.3) is 0 Å². The van der Waals surface area contributed by atoms with Crippen LogP contribution < -0.4 is 4.74 Å². The summed E-state index contributed by atoms with van der Waals surface area (Å²) in [6, 6.07) is 15.3. The number of nitrogens with zero attached hydrogens (tertiary/aromatic N) is 3.